The lowest BCUT2D eigenvalue weighted by molar-refractivity contribution is -0.138. The van der Waals surface area contributed by atoms with E-state index in [0.717, 1.165) is 21.1 Å². The van der Waals surface area contributed by atoms with Crippen molar-refractivity contribution in [1.29, 1.82) is 0 Å². The lowest BCUT2D eigenvalue weighted by atomic mass is 10.0. The molecule has 112 valence electrons. The number of hydrogen-bond donors (Lipinski definition) is 1. The van der Waals surface area contributed by atoms with E-state index in [9.17, 15) is 21.6 Å². The fourth-order valence-corrected chi connectivity index (χ4v) is 4.64. The normalized spacial score (nSPS) is 27.3. The van der Waals surface area contributed by atoms with E-state index in [0.29, 0.717) is 0 Å². The van der Waals surface area contributed by atoms with E-state index < -0.39 is 44.5 Å². The molecule has 1 saturated heterocycles. The van der Waals surface area contributed by atoms with Crippen LogP contribution in [-0.4, -0.2) is 74.2 Å². The van der Waals surface area contributed by atoms with Gasteiger partial charge in [-0.1, -0.05) is 0 Å². The van der Waals surface area contributed by atoms with Crippen LogP contribution in [-0.2, 0) is 24.8 Å². The van der Waals surface area contributed by atoms with E-state index in [4.69, 9.17) is 5.11 Å². The minimum absolute atomic E-state index is 0.0309. The highest BCUT2D eigenvalue weighted by molar-refractivity contribution is 7.88. The standard InChI is InChI=1S/C9H18N2O6S2/c1-7-8(6-9(12)13)11(19(3,16)17)5-4-10(7)18(2,14)15/h7-8H,4-6H2,1-3H3,(H,12,13). The predicted octanol–water partition coefficient (Wildman–Crippen LogP) is -1.24. The largest absolute Gasteiger partial charge is 0.481 e. The van der Waals surface area contributed by atoms with Crippen molar-refractivity contribution in [3.05, 3.63) is 0 Å². The van der Waals surface area contributed by atoms with Crippen molar-refractivity contribution in [2.24, 2.45) is 0 Å². The fraction of sp³-hybridized carbons (Fsp3) is 0.889. The molecule has 1 fully saturated rings. The molecule has 1 N–H and O–H groups in total. The predicted molar refractivity (Wildman–Crippen MR) is 68.6 cm³/mol. The summed E-state index contributed by atoms with van der Waals surface area (Å²) in [7, 11) is -7.07. The van der Waals surface area contributed by atoms with Crippen LogP contribution in [0.15, 0.2) is 0 Å². The molecule has 0 radical (unpaired) electrons. The number of sulfonamides is 2. The second-order valence-corrected chi connectivity index (χ2v) is 8.52. The van der Waals surface area contributed by atoms with Gasteiger partial charge >= 0.3 is 5.97 Å². The van der Waals surface area contributed by atoms with Crippen LogP contribution in [0.4, 0.5) is 0 Å². The number of carbonyl (C=O) groups is 1. The first-order valence-corrected chi connectivity index (χ1v) is 9.29. The number of carboxylic acid groups (broad SMARTS) is 1. The second kappa shape index (κ2) is 5.35. The van der Waals surface area contributed by atoms with Crippen LogP contribution in [0.1, 0.15) is 13.3 Å². The van der Waals surface area contributed by atoms with Crippen molar-refractivity contribution < 1.29 is 26.7 Å². The number of aliphatic carboxylic acids is 1. The summed E-state index contributed by atoms with van der Waals surface area (Å²) in [6.07, 6.45) is 1.59. The molecule has 10 heteroatoms. The van der Waals surface area contributed by atoms with Crippen LogP contribution in [0.5, 0.6) is 0 Å². The van der Waals surface area contributed by atoms with Crippen LogP contribution in [0.2, 0.25) is 0 Å². The van der Waals surface area contributed by atoms with Crippen molar-refractivity contribution in [3.63, 3.8) is 0 Å². The minimum Gasteiger partial charge on any atom is -0.481 e. The minimum atomic E-state index is -3.57. The van der Waals surface area contributed by atoms with E-state index in [2.05, 4.69) is 0 Å². The molecule has 0 aromatic heterocycles. The zero-order valence-electron chi connectivity index (χ0n) is 11.0. The third-order valence-electron chi connectivity index (χ3n) is 3.16. The summed E-state index contributed by atoms with van der Waals surface area (Å²) in [6.45, 7) is 1.52. The Bertz CT molecular complexity index is 555. The highest BCUT2D eigenvalue weighted by atomic mass is 32.2. The van der Waals surface area contributed by atoms with Gasteiger partial charge in [0, 0.05) is 19.1 Å². The lowest BCUT2D eigenvalue weighted by Gasteiger charge is -2.43. The first-order valence-electron chi connectivity index (χ1n) is 5.60. The van der Waals surface area contributed by atoms with E-state index in [1.54, 1.807) is 0 Å². The van der Waals surface area contributed by atoms with Gasteiger partial charge in [0.1, 0.15) is 0 Å². The zero-order chi connectivity index (χ0) is 15.0. The zero-order valence-corrected chi connectivity index (χ0v) is 12.6. The average Bonchev–Trinajstić information content (AvgIpc) is 2.16. The van der Waals surface area contributed by atoms with Gasteiger partial charge in [-0.25, -0.2) is 16.8 Å². The molecule has 19 heavy (non-hydrogen) atoms. The van der Waals surface area contributed by atoms with Crippen molar-refractivity contribution in [3.8, 4) is 0 Å². The van der Waals surface area contributed by atoms with Crippen LogP contribution >= 0.6 is 0 Å². The van der Waals surface area contributed by atoms with Crippen molar-refractivity contribution in [1.82, 2.24) is 8.61 Å². The SMILES string of the molecule is CC1C(CC(=O)O)N(S(C)(=O)=O)CCN1S(C)(=O)=O. The highest BCUT2D eigenvalue weighted by Gasteiger charge is 2.42. The van der Waals surface area contributed by atoms with E-state index in [1.807, 2.05) is 0 Å². The molecule has 0 saturated carbocycles. The molecule has 0 amide bonds. The molecule has 8 nitrogen and oxygen atoms in total. The molecule has 0 aromatic carbocycles. The van der Waals surface area contributed by atoms with Gasteiger partial charge in [-0.2, -0.15) is 8.61 Å². The molecule has 1 heterocycles. The van der Waals surface area contributed by atoms with Crippen LogP contribution in [0.25, 0.3) is 0 Å². The Kier molecular flexibility index (Phi) is 4.60. The van der Waals surface area contributed by atoms with Gasteiger partial charge in [0.05, 0.1) is 25.0 Å². The molecule has 2 unspecified atom stereocenters. The Balaban J connectivity index is 3.14. The first kappa shape index (κ1) is 16.3. The van der Waals surface area contributed by atoms with Gasteiger partial charge in [0.15, 0.2) is 0 Å². The van der Waals surface area contributed by atoms with E-state index in [-0.39, 0.29) is 13.1 Å². The summed E-state index contributed by atoms with van der Waals surface area (Å²) in [5.74, 6) is -1.17. The monoisotopic (exact) mass is 314 g/mol. The van der Waals surface area contributed by atoms with Crippen molar-refractivity contribution >= 4 is 26.0 Å². The number of carboxylic acids is 1. The number of nitrogens with zero attached hydrogens (tertiary/aromatic N) is 2. The van der Waals surface area contributed by atoms with Crippen LogP contribution < -0.4 is 0 Å². The maximum Gasteiger partial charge on any atom is 0.305 e. The van der Waals surface area contributed by atoms with E-state index >= 15 is 0 Å². The number of hydrogen-bond acceptors (Lipinski definition) is 5. The highest BCUT2D eigenvalue weighted by Crippen LogP contribution is 2.24. The van der Waals surface area contributed by atoms with Crippen molar-refractivity contribution in [2.75, 3.05) is 25.6 Å². The lowest BCUT2D eigenvalue weighted by Crippen LogP contribution is -2.61. The van der Waals surface area contributed by atoms with Gasteiger partial charge in [0.25, 0.3) is 0 Å². The molecule has 0 aliphatic carbocycles. The van der Waals surface area contributed by atoms with Gasteiger partial charge < -0.3 is 5.11 Å². The average molecular weight is 314 g/mol. The molecule has 1 rings (SSSR count). The maximum atomic E-state index is 11.6. The third kappa shape index (κ3) is 3.88. The van der Waals surface area contributed by atoms with Crippen LogP contribution in [0, 0.1) is 0 Å². The smallest absolute Gasteiger partial charge is 0.305 e. The summed E-state index contributed by atoms with van der Waals surface area (Å²) in [6, 6.07) is -1.61. The topological polar surface area (TPSA) is 112 Å². The Morgan fingerprint density at radius 3 is 1.89 bits per heavy atom. The summed E-state index contributed by atoms with van der Waals surface area (Å²) in [5, 5.41) is 8.87. The van der Waals surface area contributed by atoms with Gasteiger partial charge in [-0.05, 0) is 6.92 Å². The Hall–Kier alpha value is -0.710. The quantitative estimate of drug-likeness (QED) is 0.694. The molecular formula is C9H18N2O6S2. The summed E-state index contributed by atoms with van der Waals surface area (Å²) < 4.78 is 48.7. The summed E-state index contributed by atoms with van der Waals surface area (Å²) >= 11 is 0. The van der Waals surface area contributed by atoms with Crippen LogP contribution in [0.3, 0.4) is 0 Å². The number of piperazine rings is 1. The van der Waals surface area contributed by atoms with Gasteiger partial charge in [-0.3, -0.25) is 4.79 Å². The maximum absolute atomic E-state index is 11.6. The second-order valence-electron chi connectivity index (χ2n) is 4.65. The molecule has 0 bridgehead atoms. The molecule has 1 aliphatic rings. The van der Waals surface area contributed by atoms with Gasteiger partial charge in [-0.15, -0.1) is 0 Å². The Morgan fingerprint density at radius 2 is 1.53 bits per heavy atom. The first-order chi connectivity index (χ1) is 8.44. The Morgan fingerprint density at radius 1 is 1.11 bits per heavy atom. The molecule has 1 aliphatic heterocycles. The number of rotatable bonds is 4. The van der Waals surface area contributed by atoms with E-state index in [1.165, 1.54) is 6.92 Å². The summed E-state index contributed by atoms with van der Waals surface area (Å²) in [4.78, 5) is 10.9. The third-order valence-corrected chi connectivity index (χ3v) is 5.83. The molecule has 2 atom stereocenters. The van der Waals surface area contributed by atoms with Gasteiger partial charge in [0.2, 0.25) is 20.0 Å². The summed E-state index contributed by atoms with van der Waals surface area (Å²) in [5.41, 5.74) is 0. The molecule has 0 spiro atoms. The Labute approximate surface area is 113 Å². The van der Waals surface area contributed by atoms with Crippen molar-refractivity contribution in [2.45, 2.75) is 25.4 Å². The fourth-order valence-electron chi connectivity index (χ4n) is 2.33. The molecular weight excluding hydrogens is 296 g/mol. The molecule has 0 aromatic rings.